The standard InChI is InChI=1S/C17H23N3O/c18-11-16(12-6-2-1-3-7-12)20-17(21)15-10-13-8-4-5-9-14(13)19-15/h4-5,8-10,12,16,19H,1-3,6-7,11,18H2,(H,20,21). The van der Waals surface area contributed by atoms with E-state index in [0.717, 1.165) is 10.9 Å². The highest BCUT2D eigenvalue weighted by Gasteiger charge is 2.24. The minimum atomic E-state index is -0.0489. The molecule has 1 unspecified atom stereocenters. The molecule has 1 aliphatic carbocycles. The van der Waals surface area contributed by atoms with Gasteiger partial charge in [0.15, 0.2) is 0 Å². The van der Waals surface area contributed by atoms with Crippen molar-refractivity contribution in [1.29, 1.82) is 0 Å². The molecule has 1 heterocycles. The summed E-state index contributed by atoms with van der Waals surface area (Å²) in [7, 11) is 0. The summed E-state index contributed by atoms with van der Waals surface area (Å²) in [6.07, 6.45) is 6.17. The molecule has 2 aromatic rings. The van der Waals surface area contributed by atoms with E-state index in [1.54, 1.807) is 0 Å². The lowest BCUT2D eigenvalue weighted by Crippen LogP contribution is -2.46. The first-order valence-electron chi connectivity index (χ1n) is 7.86. The number of rotatable bonds is 4. The van der Waals surface area contributed by atoms with Gasteiger partial charge in [0.1, 0.15) is 5.69 Å². The van der Waals surface area contributed by atoms with Crippen LogP contribution >= 0.6 is 0 Å². The van der Waals surface area contributed by atoms with E-state index in [-0.39, 0.29) is 11.9 Å². The second-order valence-electron chi connectivity index (χ2n) is 5.98. The van der Waals surface area contributed by atoms with Crippen LogP contribution in [0.5, 0.6) is 0 Å². The number of nitrogens with one attached hydrogen (secondary N) is 2. The highest BCUT2D eigenvalue weighted by atomic mass is 16.1. The van der Waals surface area contributed by atoms with Gasteiger partial charge in [-0.05, 0) is 30.9 Å². The van der Waals surface area contributed by atoms with Crippen molar-refractivity contribution in [3.8, 4) is 0 Å². The van der Waals surface area contributed by atoms with Gasteiger partial charge in [-0.3, -0.25) is 4.79 Å². The third kappa shape index (κ3) is 3.10. The van der Waals surface area contributed by atoms with Gasteiger partial charge in [-0.15, -0.1) is 0 Å². The number of nitrogens with two attached hydrogens (primary N) is 1. The van der Waals surface area contributed by atoms with Gasteiger partial charge in [0, 0.05) is 23.5 Å². The number of aromatic nitrogens is 1. The van der Waals surface area contributed by atoms with Crippen LogP contribution in [0.4, 0.5) is 0 Å². The number of fused-ring (bicyclic) bond motifs is 1. The smallest absolute Gasteiger partial charge is 0.267 e. The molecule has 4 N–H and O–H groups in total. The first kappa shape index (κ1) is 14.1. The van der Waals surface area contributed by atoms with Crippen LogP contribution < -0.4 is 11.1 Å². The van der Waals surface area contributed by atoms with Crippen LogP contribution in [0.1, 0.15) is 42.6 Å². The van der Waals surface area contributed by atoms with Crippen molar-refractivity contribution in [2.24, 2.45) is 11.7 Å². The van der Waals surface area contributed by atoms with Gasteiger partial charge in [-0.25, -0.2) is 0 Å². The van der Waals surface area contributed by atoms with E-state index >= 15 is 0 Å². The molecule has 3 rings (SSSR count). The Morgan fingerprint density at radius 2 is 2.05 bits per heavy atom. The van der Waals surface area contributed by atoms with Gasteiger partial charge in [0.05, 0.1) is 0 Å². The van der Waals surface area contributed by atoms with E-state index in [0.29, 0.717) is 18.2 Å². The van der Waals surface area contributed by atoms with E-state index in [9.17, 15) is 4.79 Å². The molecule has 1 amide bonds. The van der Waals surface area contributed by atoms with E-state index in [1.165, 1.54) is 32.1 Å². The van der Waals surface area contributed by atoms with Crippen molar-refractivity contribution in [2.75, 3.05) is 6.54 Å². The number of aromatic amines is 1. The third-order valence-electron chi connectivity index (χ3n) is 4.56. The number of H-pyrrole nitrogens is 1. The normalized spacial score (nSPS) is 17.8. The number of para-hydroxylation sites is 1. The average Bonchev–Trinajstić information content (AvgIpc) is 2.97. The molecule has 1 aromatic carbocycles. The summed E-state index contributed by atoms with van der Waals surface area (Å²) in [5.74, 6) is 0.476. The molecular formula is C17H23N3O. The Hall–Kier alpha value is -1.81. The Bertz CT molecular complexity index is 580. The minimum Gasteiger partial charge on any atom is -0.351 e. The molecule has 0 radical (unpaired) electrons. The van der Waals surface area contributed by atoms with Gasteiger partial charge in [0.25, 0.3) is 5.91 Å². The fraction of sp³-hybridized carbons (Fsp3) is 0.471. The molecule has 112 valence electrons. The molecule has 4 nitrogen and oxygen atoms in total. The van der Waals surface area contributed by atoms with Gasteiger partial charge in [-0.1, -0.05) is 37.5 Å². The first-order valence-corrected chi connectivity index (χ1v) is 7.86. The van der Waals surface area contributed by atoms with Crippen molar-refractivity contribution in [3.05, 3.63) is 36.0 Å². The summed E-state index contributed by atoms with van der Waals surface area (Å²) in [5, 5.41) is 4.18. The highest BCUT2D eigenvalue weighted by molar-refractivity contribution is 5.98. The molecule has 0 spiro atoms. The van der Waals surface area contributed by atoms with Gasteiger partial charge in [-0.2, -0.15) is 0 Å². The molecule has 21 heavy (non-hydrogen) atoms. The van der Waals surface area contributed by atoms with Crippen LogP contribution in [0.2, 0.25) is 0 Å². The Labute approximate surface area is 125 Å². The summed E-state index contributed by atoms with van der Waals surface area (Å²) in [5.41, 5.74) is 7.49. The first-order chi connectivity index (χ1) is 10.3. The van der Waals surface area contributed by atoms with Crippen LogP contribution in [0, 0.1) is 5.92 Å². The summed E-state index contributed by atoms with van der Waals surface area (Å²) >= 11 is 0. The van der Waals surface area contributed by atoms with Crippen LogP contribution in [-0.2, 0) is 0 Å². The van der Waals surface area contributed by atoms with Crippen molar-refractivity contribution in [2.45, 2.75) is 38.1 Å². The summed E-state index contributed by atoms with van der Waals surface area (Å²) in [6, 6.07) is 9.91. The van der Waals surface area contributed by atoms with Crippen LogP contribution in [-0.4, -0.2) is 23.5 Å². The zero-order valence-electron chi connectivity index (χ0n) is 12.3. The Morgan fingerprint density at radius 3 is 2.76 bits per heavy atom. The zero-order valence-corrected chi connectivity index (χ0v) is 12.3. The van der Waals surface area contributed by atoms with Crippen LogP contribution in [0.15, 0.2) is 30.3 Å². The predicted octanol–water partition coefficient (Wildman–Crippen LogP) is 2.81. The second-order valence-corrected chi connectivity index (χ2v) is 5.98. The molecule has 1 saturated carbocycles. The average molecular weight is 285 g/mol. The highest BCUT2D eigenvalue weighted by Crippen LogP contribution is 2.26. The molecule has 4 heteroatoms. The van der Waals surface area contributed by atoms with E-state index in [4.69, 9.17) is 5.73 Å². The number of amides is 1. The maximum Gasteiger partial charge on any atom is 0.267 e. The number of hydrogen-bond acceptors (Lipinski definition) is 2. The molecular weight excluding hydrogens is 262 g/mol. The maximum atomic E-state index is 12.4. The van der Waals surface area contributed by atoms with Crippen molar-refractivity contribution in [1.82, 2.24) is 10.3 Å². The van der Waals surface area contributed by atoms with Gasteiger partial charge >= 0.3 is 0 Å². The zero-order chi connectivity index (χ0) is 14.7. The topological polar surface area (TPSA) is 70.9 Å². The van der Waals surface area contributed by atoms with Gasteiger partial charge in [0.2, 0.25) is 0 Å². The predicted molar refractivity (Wildman–Crippen MR) is 85.2 cm³/mol. The minimum absolute atomic E-state index is 0.0489. The second kappa shape index (κ2) is 6.31. The fourth-order valence-corrected chi connectivity index (χ4v) is 3.35. The number of carbonyl (C=O) groups is 1. The number of benzene rings is 1. The van der Waals surface area contributed by atoms with E-state index in [1.807, 2.05) is 30.3 Å². The Kier molecular flexibility index (Phi) is 4.25. The Morgan fingerprint density at radius 1 is 1.29 bits per heavy atom. The molecule has 0 saturated heterocycles. The number of carbonyl (C=O) groups excluding carboxylic acids is 1. The maximum absolute atomic E-state index is 12.4. The lowest BCUT2D eigenvalue weighted by atomic mass is 9.84. The molecule has 1 fully saturated rings. The molecule has 0 bridgehead atoms. The third-order valence-corrected chi connectivity index (χ3v) is 4.56. The monoisotopic (exact) mass is 285 g/mol. The van der Waals surface area contributed by atoms with Crippen molar-refractivity contribution < 1.29 is 4.79 Å². The van der Waals surface area contributed by atoms with Gasteiger partial charge < -0.3 is 16.0 Å². The molecule has 1 aliphatic rings. The van der Waals surface area contributed by atoms with Crippen molar-refractivity contribution >= 4 is 16.8 Å². The quantitative estimate of drug-likeness (QED) is 0.808. The molecule has 1 aromatic heterocycles. The fourth-order valence-electron chi connectivity index (χ4n) is 3.35. The summed E-state index contributed by atoms with van der Waals surface area (Å²) < 4.78 is 0. The lowest BCUT2D eigenvalue weighted by Gasteiger charge is -2.29. The summed E-state index contributed by atoms with van der Waals surface area (Å²) in [4.78, 5) is 15.6. The van der Waals surface area contributed by atoms with Crippen LogP contribution in [0.3, 0.4) is 0 Å². The molecule has 0 aliphatic heterocycles. The molecule has 1 atom stereocenters. The lowest BCUT2D eigenvalue weighted by molar-refractivity contribution is 0.0911. The van der Waals surface area contributed by atoms with E-state index < -0.39 is 0 Å². The van der Waals surface area contributed by atoms with Crippen molar-refractivity contribution in [3.63, 3.8) is 0 Å². The Balaban J connectivity index is 1.71. The number of hydrogen-bond donors (Lipinski definition) is 3. The SMILES string of the molecule is NCC(NC(=O)c1cc2ccccc2[nH]1)C1CCCCC1. The van der Waals surface area contributed by atoms with Crippen LogP contribution in [0.25, 0.3) is 10.9 Å². The summed E-state index contributed by atoms with van der Waals surface area (Å²) in [6.45, 7) is 0.511. The largest absolute Gasteiger partial charge is 0.351 e. The van der Waals surface area contributed by atoms with E-state index in [2.05, 4.69) is 10.3 Å².